The van der Waals surface area contributed by atoms with Gasteiger partial charge in [0.25, 0.3) is 0 Å². The van der Waals surface area contributed by atoms with Crippen LogP contribution in [0.15, 0.2) is 16.6 Å². The average Bonchev–Trinajstić information content (AvgIpc) is 2.14. The Labute approximate surface area is 111 Å². The zero-order valence-corrected chi connectivity index (χ0v) is 10.9. The molecule has 0 amide bonds. The second-order valence-corrected chi connectivity index (χ2v) is 4.64. The molecule has 0 radical (unpaired) electrons. The summed E-state index contributed by atoms with van der Waals surface area (Å²) in [4.78, 5) is 10.3. The van der Waals surface area contributed by atoms with Crippen molar-refractivity contribution in [2.45, 2.75) is 12.5 Å². The fraction of sp³-hybridized carbons (Fsp3) is 0.300. The van der Waals surface area contributed by atoms with Crippen LogP contribution in [-0.4, -0.2) is 28.8 Å². The molecule has 0 aliphatic carbocycles. The second kappa shape index (κ2) is 6.18. The Kier molecular flexibility index (Phi) is 5.17. The molecule has 0 aliphatic heterocycles. The van der Waals surface area contributed by atoms with Crippen molar-refractivity contribution in [1.82, 2.24) is 0 Å². The van der Waals surface area contributed by atoms with Crippen LogP contribution in [0.25, 0.3) is 0 Å². The Bertz CT molecular complexity index is 407. The number of carboxylic acid groups (broad SMARTS) is 1. The van der Waals surface area contributed by atoms with Gasteiger partial charge in [-0.1, -0.05) is 11.6 Å². The number of aliphatic hydroxyl groups excluding tert-OH is 1. The number of carboxylic acids is 1. The normalized spacial score (nSPS) is 12.2. The maximum Gasteiger partial charge on any atom is 0.306 e. The molecule has 0 fully saturated rings. The van der Waals surface area contributed by atoms with Crippen LogP contribution in [0.5, 0.6) is 0 Å². The van der Waals surface area contributed by atoms with Gasteiger partial charge in [-0.3, -0.25) is 4.79 Å². The molecular weight excluding hydrogens is 316 g/mol. The summed E-state index contributed by atoms with van der Waals surface area (Å²) in [6.45, 7) is 0.0102. The van der Waals surface area contributed by atoms with E-state index in [0.29, 0.717) is 10.2 Å². The van der Waals surface area contributed by atoms with Gasteiger partial charge in [0, 0.05) is 11.0 Å². The highest BCUT2D eigenvalue weighted by Crippen LogP contribution is 2.31. The minimum absolute atomic E-state index is 0.0102. The summed E-state index contributed by atoms with van der Waals surface area (Å²) in [7, 11) is 0. The Morgan fingerprint density at radius 3 is 2.76 bits per heavy atom. The standard InChI is InChI=1S/C10H10BrClFNO3/c11-7-1-5(13)2-8(12)10(7)14-4-6(15)3-9(16)17/h1-2,6,14-15H,3-4H2,(H,16,17). The lowest BCUT2D eigenvalue weighted by atomic mass is 10.2. The third-order valence-corrected chi connectivity index (χ3v) is 2.86. The zero-order chi connectivity index (χ0) is 13.0. The fourth-order valence-corrected chi connectivity index (χ4v) is 2.16. The molecule has 7 heteroatoms. The number of hydrogen-bond acceptors (Lipinski definition) is 3. The predicted octanol–water partition coefficient (Wildman–Crippen LogP) is 2.49. The van der Waals surface area contributed by atoms with E-state index in [1.807, 2.05) is 0 Å². The second-order valence-electron chi connectivity index (χ2n) is 3.38. The van der Waals surface area contributed by atoms with Crippen molar-refractivity contribution >= 4 is 39.2 Å². The van der Waals surface area contributed by atoms with Crippen molar-refractivity contribution < 1.29 is 19.4 Å². The lowest BCUT2D eigenvalue weighted by Gasteiger charge is -2.13. The molecular formula is C10H10BrClFNO3. The molecule has 1 aromatic rings. The van der Waals surface area contributed by atoms with Crippen molar-refractivity contribution in [1.29, 1.82) is 0 Å². The molecule has 4 nitrogen and oxygen atoms in total. The highest BCUT2D eigenvalue weighted by Gasteiger charge is 2.12. The number of carbonyl (C=O) groups is 1. The van der Waals surface area contributed by atoms with E-state index in [2.05, 4.69) is 21.2 Å². The number of halogens is 3. The number of hydrogen-bond donors (Lipinski definition) is 3. The molecule has 0 spiro atoms. The Balaban J connectivity index is 2.66. The molecule has 1 atom stereocenters. The number of aliphatic carboxylic acids is 1. The monoisotopic (exact) mass is 325 g/mol. The van der Waals surface area contributed by atoms with Gasteiger partial charge < -0.3 is 15.5 Å². The molecule has 3 N–H and O–H groups in total. The van der Waals surface area contributed by atoms with E-state index in [1.54, 1.807) is 0 Å². The van der Waals surface area contributed by atoms with Crippen LogP contribution < -0.4 is 5.32 Å². The van der Waals surface area contributed by atoms with Crippen LogP contribution in [0.4, 0.5) is 10.1 Å². The molecule has 1 rings (SSSR count). The van der Waals surface area contributed by atoms with E-state index in [1.165, 1.54) is 6.07 Å². The minimum Gasteiger partial charge on any atom is -0.481 e. The molecule has 0 saturated heterocycles. The van der Waals surface area contributed by atoms with E-state index in [4.69, 9.17) is 16.7 Å². The summed E-state index contributed by atoms with van der Waals surface area (Å²) >= 11 is 8.91. The van der Waals surface area contributed by atoms with Crippen molar-refractivity contribution in [3.8, 4) is 0 Å². The SMILES string of the molecule is O=C(O)CC(O)CNc1c(Cl)cc(F)cc1Br. The first kappa shape index (κ1) is 14.2. The first-order valence-electron chi connectivity index (χ1n) is 4.68. The average molecular weight is 327 g/mol. The Hall–Kier alpha value is -0.850. The van der Waals surface area contributed by atoms with Crippen molar-refractivity contribution in [3.63, 3.8) is 0 Å². The van der Waals surface area contributed by atoms with Gasteiger partial charge >= 0.3 is 5.97 Å². The van der Waals surface area contributed by atoms with Gasteiger partial charge in [0.1, 0.15) is 5.82 Å². The molecule has 1 aromatic carbocycles. The van der Waals surface area contributed by atoms with Gasteiger partial charge in [-0.15, -0.1) is 0 Å². The molecule has 17 heavy (non-hydrogen) atoms. The van der Waals surface area contributed by atoms with Crippen molar-refractivity contribution in [2.24, 2.45) is 0 Å². The zero-order valence-electron chi connectivity index (χ0n) is 8.58. The molecule has 0 bridgehead atoms. The summed E-state index contributed by atoms with van der Waals surface area (Å²) < 4.78 is 13.3. The van der Waals surface area contributed by atoms with Gasteiger partial charge in [-0.2, -0.15) is 0 Å². The molecule has 0 aliphatic rings. The maximum atomic E-state index is 12.9. The molecule has 0 heterocycles. The Morgan fingerprint density at radius 1 is 1.59 bits per heavy atom. The highest BCUT2D eigenvalue weighted by atomic mass is 79.9. The number of rotatable bonds is 5. The first-order chi connectivity index (χ1) is 7.90. The summed E-state index contributed by atoms with van der Waals surface area (Å²) in [5.41, 5.74) is 0.414. The van der Waals surface area contributed by atoms with Crippen molar-refractivity contribution in [2.75, 3.05) is 11.9 Å². The van der Waals surface area contributed by atoms with Crippen LogP contribution in [0.2, 0.25) is 5.02 Å². The largest absolute Gasteiger partial charge is 0.481 e. The van der Waals surface area contributed by atoms with Gasteiger partial charge in [0.15, 0.2) is 0 Å². The van der Waals surface area contributed by atoms with Crippen molar-refractivity contribution in [3.05, 3.63) is 27.4 Å². The van der Waals surface area contributed by atoms with E-state index in [9.17, 15) is 14.3 Å². The lowest BCUT2D eigenvalue weighted by molar-refractivity contribution is -0.138. The summed E-state index contributed by atoms with van der Waals surface area (Å²) in [6.07, 6.45) is -1.41. The molecule has 1 unspecified atom stereocenters. The van der Waals surface area contributed by atoms with E-state index < -0.39 is 17.9 Å². The van der Waals surface area contributed by atoms with Crippen LogP contribution >= 0.6 is 27.5 Å². The number of nitrogens with one attached hydrogen (secondary N) is 1. The summed E-state index contributed by atoms with van der Waals surface area (Å²) in [5, 5.41) is 20.7. The van der Waals surface area contributed by atoms with E-state index >= 15 is 0 Å². The Morgan fingerprint density at radius 2 is 2.24 bits per heavy atom. The first-order valence-corrected chi connectivity index (χ1v) is 5.85. The summed E-state index contributed by atoms with van der Waals surface area (Å²) in [5.74, 6) is -1.58. The molecule has 0 aromatic heterocycles. The fourth-order valence-electron chi connectivity index (χ4n) is 1.20. The highest BCUT2D eigenvalue weighted by molar-refractivity contribution is 9.10. The number of benzene rings is 1. The van der Waals surface area contributed by atoms with Crippen LogP contribution in [0.3, 0.4) is 0 Å². The topological polar surface area (TPSA) is 69.6 Å². The van der Waals surface area contributed by atoms with Gasteiger partial charge in [0.2, 0.25) is 0 Å². The third kappa shape index (κ3) is 4.49. The van der Waals surface area contributed by atoms with Crippen LogP contribution in [0.1, 0.15) is 6.42 Å². The molecule has 94 valence electrons. The van der Waals surface area contributed by atoms with E-state index in [-0.39, 0.29) is 18.0 Å². The van der Waals surface area contributed by atoms with E-state index in [0.717, 1.165) is 6.07 Å². The lowest BCUT2D eigenvalue weighted by Crippen LogP contribution is -2.22. The maximum absolute atomic E-state index is 12.9. The minimum atomic E-state index is -1.09. The quantitative estimate of drug-likeness (QED) is 0.777. The van der Waals surface area contributed by atoms with Crippen LogP contribution in [-0.2, 0) is 4.79 Å². The van der Waals surface area contributed by atoms with Gasteiger partial charge in [-0.25, -0.2) is 4.39 Å². The summed E-state index contributed by atoms with van der Waals surface area (Å²) in [6, 6.07) is 2.34. The van der Waals surface area contributed by atoms with Gasteiger partial charge in [0.05, 0.1) is 23.2 Å². The number of anilines is 1. The molecule has 0 saturated carbocycles. The van der Waals surface area contributed by atoms with Gasteiger partial charge in [-0.05, 0) is 28.1 Å². The van der Waals surface area contributed by atoms with Crippen LogP contribution in [0, 0.1) is 5.82 Å². The predicted molar refractivity (Wildman–Crippen MR) is 65.9 cm³/mol. The third-order valence-electron chi connectivity index (χ3n) is 1.93. The number of aliphatic hydroxyl groups is 1. The smallest absolute Gasteiger partial charge is 0.306 e.